The highest BCUT2D eigenvalue weighted by molar-refractivity contribution is 9.11. The minimum absolute atomic E-state index is 0.457. The molecule has 0 aromatic heterocycles. The molecule has 0 saturated heterocycles. The third-order valence-corrected chi connectivity index (χ3v) is 3.61. The van der Waals surface area contributed by atoms with E-state index in [-0.39, 0.29) is 0 Å². The third-order valence-electron chi connectivity index (χ3n) is 2.33. The number of hydrogen-bond donors (Lipinski definition) is 3. The Hall–Kier alpha value is -1.37. The summed E-state index contributed by atoms with van der Waals surface area (Å²) in [5.74, 6) is 5.95. The van der Waals surface area contributed by atoms with E-state index in [9.17, 15) is 0 Å². The van der Waals surface area contributed by atoms with Gasteiger partial charge in [0.2, 0.25) is 5.96 Å². The monoisotopic (exact) mass is 382 g/mol. The van der Waals surface area contributed by atoms with E-state index in [1.165, 1.54) is 0 Å². The fourth-order valence-corrected chi connectivity index (χ4v) is 2.64. The molecule has 0 radical (unpaired) electrons. The molecule has 2 aromatic carbocycles. The van der Waals surface area contributed by atoms with Crippen molar-refractivity contribution in [1.82, 2.24) is 5.43 Å². The molecule has 0 saturated carbocycles. The number of aliphatic imine (C=N–C) groups is 1. The molecule has 4 nitrogen and oxygen atoms in total. The number of hydrazine groups is 1. The molecule has 4 N–H and O–H groups in total. The second-order valence-corrected chi connectivity index (χ2v) is 5.37. The first-order valence-electron chi connectivity index (χ1n) is 5.52. The summed E-state index contributed by atoms with van der Waals surface area (Å²) in [6.07, 6.45) is 0. The lowest BCUT2D eigenvalue weighted by Gasteiger charge is -2.10. The fraction of sp³-hybridized carbons (Fsp3) is 0. The smallest absolute Gasteiger partial charge is 0.215 e. The molecule has 0 heterocycles. The van der Waals surface area contributed by atoms with Gasteiger partial charge < -0.3 is 5.32 Å². The van der Waals surface area contributed by atoms with Crippen LogP contribution in [0.15, 0.2) is 62.5 Å². The number of rotatable bonds is 2. The highest BCUT2D eigenvalue weighted by Crippen LogP contribution is 2.33. The van der Waals surface area contributed by atoms with E-state index in [4.69, 9.17) is 5.84 Å². The summed E-state index contributed by atoms with van der Waals surface area (Å²) >= 11 is 6.91. The van der Waals surface area contributed by atoms with E-state index in [2.05, 4.69) is 47.6 Å². The Kier molecular flexibility index (Phi) is 4.95. The summed E-state index contributed by atoms with van der Waals surface area (Å²) in [6, 6.07) is 15.4. The number of nitrogens with one attached hydrogen (secondary N) is 2. The molecular formula is C13H12Br2N4. The zero-order valence-electron chi connectivity index (χ0n) is 9.90. The zero-order valence-corrected chi connectivity index (χ0v) is 13.1. The summed E-state index contributed by atoms with van der Waals surface area (Å²) in [5, 5.41) is 3.10. The standard InChI is InChI=1S/C13H12Br2N4/c14-10-7-4-8-11(15)12(10)18-13(19-16)17-9-5-2-1-3-6-9/h1-8H,16H2,(H2,17,18,19). The third kappa shape index (κ3) is 3.79. The van der Waals surface area contributed by atoms with Crippen LogP contribution in [-0.4, -0.2) is 5.96 Å². The molecule has 0 atom stereocenters. The largest absolute Gasteiger partial charge is 0.325 e. The maximum atomic E-state index is 5.49. The fourth-order valence-electron chi connectivity index (χ4n) is 1.46. The number of para-hydroxylation sites is 2. The number of nitrogens with zero attached hydrogens (tertiary/aromatic N) is 1. The Morgan fingerprint density at radius 3 is 2.16 bits per heavy atom. The van der Waals surface area contributed by atoms with E-state index in [0.29, 0.717) is 5.96 Å². The van der Waals surface area contributed by atoms with Gasteiger partial charge in [0.25, 0.3) is 0 Å². The van der Waals surface area contributed by atoms with Crippen molar-refractivity contribution in [3.63, 3.8) is 0 Å². The predicted molar refractivity (Wildman–Crippen MR) is 86.3 cm³/mol. The maximum absolute atomic E-state index is 5.49. The lowest BCUT2D eigenvalue weighted by atomic mass is 10.3. The molecule has 0 amide bonds. The minimum atomic E-state index is 0.457. The van der Waals surface area contributed by atoms with Gasteiger partial charge in [0.1, 0.15) is 0 Å². The van der Waals surface area contributed by atoms with Crippen molar-refractivity contribution in [3.05, 3.63) is 57.5 Å². The Bertz CT molecular complexity index is 564. The number of halogens is 2. The summed E-state index contributed by atoms with van der Waals surface area (Å²) < 4.78 is 1.76. The lowest BCUT2D eigenvalue weighted by molar-refractivity contribution is 1.02. The molecule has 0 unspecified atom stereocenters. The van der Waals surface area contributed by atoms with Crippen LogP contribution in [0.25, 0.3) is 0 Å². The Morgan fingerprint density at radius 2 is 1.58 bits per heavy atom. The van der Waals surface area contributed by atoms with Crippen LogP contribution >= 0.6 is 31.9 Å². The molecule has 0 bridgehead atoms. The van der Waals surface area contributed by atoms with Crippen LogP contribution in [0.3, 0.4) is 0 Å². The highest BCUT2D eigenvalue weighted by atomic mass is 79.9. The Balaban J connectivity index is 2.29. The maximum Gasteiger partial charge on any atom is 0.215 e. The molecule has 0 spiro atoms. The minimum Gasteiger partial charge on any atom is -0.325 e. The van der Waals surface area contributed by atoms with Gasteiger partial charge in [0, 0.05) is 14.6 Å². The predicted octanol–water partition coefficient (Wildman–Crippen LogP) is 3.77. The Morgan fingerprint density at radius 1 is 0.947 bits per heavy atom. The summed E-state index contributed by atoms with van der Waals surface area (Å²) in [4.78, 5) is 4.45. The lowest BCUT2D eigenvalue weighted by Crippen LogP contribution is -2.36. The van der Waals surface area contributed by atoms with Gasteiger partial charge in [-0.15, -0.1) is 0 Å². The highest BCUT2D eigenvalue weighted by Gasteiger charge is 2.05. The molecule has 0 aliphatic carbocycles. The van der Waals surface area contributed by atoms with E-state index < -0.39 is 0 Å². The van der Waals surface area contributed by atoms with Crippen LogP contribution < -0.4 is 16.6 Å². The van der Waals surface area contributed by atoms with Gasteiger partial charge in [0.15, 0.2) is 0 Å². The first-order chi connectivity index (χ1) is 9.20. The van der Waals surface area contributed by atoms with Crippen molar-refractivity contribution in [2.75, 3.05) is 5.32 Å². The first kappa shape index (κ1) is 14.0. The summed E-state index contributed by atoms with van der Waals surface area (Å²) in [5.41, 5.74) is 4.22. The van der Waals surface area contributed by atoms with E-state index >= 15 is 0 Å². The topological polar surface area (TPSA) is 62.4 Å². The van der Waals surface area contributed by atoms with Crippen molar-refractivity contribution in [3.8, 4) is 0 Å². The second kappa shape index (κ2) is 6.70. The van der Waals surface area contributed by atoms with E-state index in [0.717, 1.165) is 20.3 Å². The van der Waals surface area contributed by atoms with Crippen LogP contribution in [0.4, 0.5) is 11.4 Å². The number of anilines is 1. The second-order valence-electron chi connectivity index (χ2n) is 3.67. The molecular weight excluding hydrogens is 372 g/mol. The average molecular weight is 384 g/mol. The van der Waals surface area contributed by atoms with Crippen LogP contribution in [0, 0.1) is 0 Å². The molecule has 19 heavy (non-hydrogen) atoms. The van der Waals surface area contributed by atoms with Crippen LogP contribution in [0.1, 0.15) is 0 Å². The normalized spacial score (nSPS) is 11.2. The van der Waals surface area contributed by atoms with Gasteiger partial charge in [-0.3, -0.25) is 5.43 Å². The van der Waals surface area contributed by atoms with Crippen molar-refractivity contribution in [2.24, 2.45) is 10.8 Å². The number of nitrogens with two attached hydrogens (primary N) is 1. The van der Waals surface area contributed by atoms with Crippen molar-refractivity contribution in [1.29, 1.82) is 0 Å². The summed E-state index contributed by atoms with van der Waals surface area (Å²) in [6.45, 7) is 0. The van der Waals surface area contributed by atoms with Gasteiger partial charge in [-0.1, -0.05) is 24.3 Å². The van der Waals surface area contributed by atoms with Crippen molar-refractivity contribution in [2.45, 2.75) is 0 Å². The van der Waals surface area contributed by atoms with Gasteiger partial charge in [-0.2, -0.15) is 0 Å². The SMILES string of the molecule is NNC(=Nc1c(Br)cccc1Br)Nc1ccccc1. The first-order valence-corrected chi connectivity index (χ1v) is 7.10. The summed E-state index contributed by atoms with van der Waals surface area (Å²) in [7, 11) is 0. The molecule has 6 heteroatoms. The molecule has 98 valence electrons. The molecule has 2 rings (SSSR count). The van der Waals surface area contributed by atoms with Crippen LogP contribution in [-0.2, 0) is 0 Å². The number of benzene rings is 2. The average Bonchev–Trinajstić information content (AvgIpc) is 2.43. The van der Waals surface area contributed by atoms with Gasteiger partial charge in [-0.05, 0) is 56.1 Å². The zero-order chi connectivity index (χ0) is 13.7. The van der Waals surface area contributed by atoms with Gasteiger partial charge in [-0.25, -0.2) is 10.8 Å². The van der Waals surface area contributed by atoms with Crippen molar-refractivity contribution >= 4 is 49.2 Å². The molecule has 2 aromatic rings. The number of guanidine groups is 1. The van der Waals surface area contributed by atoms with Crippen LogP contribution in [0.5, 0.6) is 0 Å². The molecule has 0 aliphatic heterocycles. The van der Waals surface area contributed by atoms with Gasteiger partial charge >= 0.3 is 0 Å². The number of hydrogen-bond acceptors (Lipinski definition) is 2. The van der Waals surface area contributed by atoms with E-state index in [1.807, 2.05) is 48.5 Å². The Labute approximate surface area is 128 Å². The quantitative estimate of drug-likeness (QED) is 0.320. The van der Waals surface area contributed by atoms with E-state index in [1.54, 1.807) is 0 Å². The molecule has 0 fully saturated rings. The van der Waals surface area contributed by atoms with Crippen molar-refractivity contribution < 1.29 is 0 Å². The molecule has 0 aliphatic rings. The van der Waals surface area contributed by atoms with Gasteiger partial charge in [0.05, 0.1) is 5.69 Å². The van der Waals surface area contributed by atoms with Crippen LogP contribution in [0.2, 0.25) is 0 Å².